The lowest BCUT2D eigenvalue weighted by molar-refractivity contribution is 0.101. The molecule has 3 aromatic heterocycles. The van der Waals surface area contributed by atoms with Crippen LogP contribution in [0.4, 0.5) is 11.1 Å². The third-order valence-corrected chi connectivity index (χ3v) is 5.25. The zero-order valence-electron chi connectivity index (χ0n) is 14.6. The highest BCUT2D eigenvalue weighted by molar-refractivity contribution is 7.22. The molecule has 4 aromatic rings. The number of aromatic nitrogens is 2. The first-order valence-electron chi connectivity index (χ1n) is 8.26. The number of nitrogens with zero attached hydrogens (tertiary/aromatic N) is 2. The lowest BCUT2D eigenvalue weighted by Gasteiger charge is -2.00. The predicted molar refractivity (Wildman–Crippen MR) is 108 cm³/mol. The van der Waals surface area contributed by atoms with Gasteiger partial charge >= 0.3 is 6.01 Å². The van der Waals surface area contributed by atoms with Crippen molar-refractivity contribution in [3.05, 3.63) is 52.5 Å². The van der Waals surface area contributed by atoms with E-state index in [1.54, 1.807) is 16.8 Å². The van der Waals surface area contributed by atoms with E-state index in [1.165, 1.54) is 28.9 Å². The highest BCUT2D eigenvalue weighted by Gasteiger charge is 2.17. The lowest BCUT2D eigenvalue weighted by atomic mass is 10.3. The van der Waals surface area contributed by atoms with Crippen molar-refractivity contribution in [2.45, 2.75) is 6.92 Å². The van der Waals surface area contributed by atoms with Crippen LogP contribution < -0.4 is 15.4 Å². The number of thiazole rings is 1. The Morgan fingerprint density at radius 2 is 2.07 bits per heavy atom. The summed E-state index contributed by atoms with van der Waals surface area (Å²) in [6, 6.07) is 7.17. The molecule has 0 unspecified atom stereocenters. The Kier molecular flexibility index (Phi) is 5.04. The van der Waals surface area contributed by atoms with Crippen LogP contribution in [0.1, 0.15) is 27.8 Å². The Balaban J connectivity index is 1.44. The highest BCUT2D eigenvalue weighted by Crippen LogP contribution is 2.29. The number of amides is 2. The minimum Gasteiger partial charge on any atom is -0.494 e. The summed E-state index contributed by atoms with van der Waals surface area (Å²) in [5.41, 5.74) is 1.29. The molecule has 0 saturated carbocycles. The maximum atomic E-state index is 12.4. The van der Waals surface area contributed by atoms with Crippen LogP contribution in [0.5, 0.6) is 5.75 Å². The quantitative estimate of drug-likeness (QED) is 0.489. The molecule has 0 atom stereocenters. The number of hydrogen-bond acceptors (Lipinski definition) is 8. The molecule has 8 nitrogen and oxygen atoms in total. The average Bonchev–Trinajstić information content (AvgIpc) is 3.42. The van der Waals surface area contributed by atoms with Crippen LogP contribution in [0.3, 0.4) is 0 Å². The molecule has 4 rings (SSSR count). The van der Waals surface area contributed by atoms with E-state index in [-0.39, 0.29) is 17.6 Å². The summed E-state index contributed by atoms with van der Waals surface area (Å²) in [5, 5.41) is 9.12. The highest BCUT2D eigenvalue weighted by atomic mass is 32.1. The number of hydrogen-bond donors (Lipinski definition) is 2. The largest absolute Gasteiger partial charge is 0.494 e. The molecule has 2 amide bonds. The van der Waals surface area contributed by atoms with Crippen LogP contribution in [-0.4, -0.2) is 28.4 Å². The van der Waals surface area contributed by atoms with Gasteiger partial charge < -0.3 is 9.15 Å². The smallest absolute Gasteiger partial charge is 0.302 e. The minimum atomic E-state index is -0.483. The second-order valence-corrected chi connectivity index (χ2v) is 7.35. The summed E-state index contributed by atoms with van der Waals surface area (Å²) in [6.07, 6.45) is 1.18. The fourth-order valence-electron chi connectivity index (χ4n) is 2.37. The van der Waals surface area contributed by atoms with E-state index >= 15 is 0 Å². The maximum absolute atomic E-state index is 12.4. The Hall–Kier alpha value is -3.24. The molecule has 2 N–H and O–H groups in total. The van der Waals surface area contributed by atoms with Crippen LogP contribution in [0.2, 0.25) is 0 Å². The third kappa shape index (κ3) is 3.87. The monoisotopic (exact) mass is 414 g/mol. The van der Waals surface area contributed by atoms with E-state index in [2.05, 4.69) is 20.6 Å². The number of nitrogens with one attached hydrogen (secondary N) is 2. The number of fused-ring (bicyclic) bond motifs is 1. The van der Waals surface area contributed by atoms with E-state index in [9.17, 15) is 9.59 Å². The van der Waals surface area contributed by atoms with Gasteiger partial charge in [0.2, 0.25) is 0 Å². The van der Waals surface area contributed by atoms with Crippen molar-refractivity contribution >= 4 is 55.9 Å². The Morgan fingerprint density at radius 1 is 1.18 bits per heavy atom. The molecule has 142 valence electrons. The van der Waals surface area contributed by atoms with Crippen molar-refractivity contribution in [3.63, 3.8) is 0 Å². The van der Waals surface area contributed by atoms with Gasteiger partial charge in [0.1, 0.15) is 12.0 Å². The zero-order chi connectivity index (χ0) is 19.5. The van der Waals surface area contributed by atoms with E-state index in [0.717, 1.165) is 16.0 Å². The molecule has 1 aromatic carbocycles. The molecular weight excluding hydrogens is 400 g/mol. The summed E-state index contributed by atoms with van der Waals surface area (Å²) in [6.45, 7) is 2.49. The molecule has 10 heteroatoms. The number of anilines is 2. The van der Waals surface area contributed by atoms with Crippen molar-refractivity contribution in [3.8, 4) is 5.75 Å². The van der Waals surface area contributed by atoms with Gasteiger partial charge in [0.05, 0.1) is 22.4 Å². The summed E-state index contributed by atoms with van der Waals surface area (Å²) >= 11 is 2.73. The van der Waals surface area contributed by atoms with Crippen molar-refractivity contribution in [1.29, 1.82) is 0 Å². The first kappa shape index (κ1) is 18.1. The van der Waals surface area contributed by atoms with Gasteiger partial charge in [0.25, 0.3) is 11.8 Å². The summed E-state index contributed by atoms with van der Waals surface area (Å²) in [4.78, 5) is 32.8. The molecule has 0 spiro atoms. The number of carbonyl (C=O) groups is 2. The second kappa shape index (κ2) is 7.79. The fraction of sp³-hybridized carbons (Fsp3) is 0.111. The molecule has 3 heterocycles. The summed E-state index contributed by atoms with van der Waals surface area (Å²) in [5.74, 6) is -0.0887. The average molecular weight is 414 g/mol. The van der Waals surface area contributed by atoms with E-state index in [4.69, 9.17) is 9.15 Å². The molecule has 0 radical (unpaired) electrons. The molecule has 0 bridgehead atoms. The fourth-order valence-corrected chi connectivity index (χ4v) is 3.90. The Bertz CT molecular complexity index is 1130. The molecule has 28 heavy (non-hydrogen) atoms. The number of benzene rings is 1. The number of thiophene rings is 1. The van der Waals surface area contributed by atoms with Gasteiger partial charge in [0.15, 0.2) is 10.8 Å². The molecular formula is C18H14N4O4S2. The van der Waals surface area contributed by atoms with E-state index < -0.39 is 5.91 Å². The van der Waals surface area contributed by atoms with Crippen LogP contribution >= 0.6 is 22.7 Å². The summed E-state index contributed by atoms with van der Waals surface area (Å²) in [7, 11) is 0. The Labute approximate surface area is 167 Å². The van der Waals surface area contributed by atoms with Crippen molar-refractivity contribution in [2.24, 2.45) is 0 Å². The van der Waals surface area contributed by atoms with Gasteiger partial charge in [-0.3, -0.25) is 20.2 Å². The number of ether oxygens (including phenoxy) is 1. The first-order chi connectivity index (χ1) is 13.6. The molecule has 0 saturated heterocycles. The van der Waals surface area contributed by atoms with Gasteiger partial charge in [0, 0.05) is 5.38 Å². The predicted octanol–water partition coefficient (Wildman–Crippen LogP) is 4.25. The molecule has 0 aliphatic carbocycles. The van der Waals surface area contributed by atoms with Gasteiger partial charge in [-0.2, -0.15) is 16.3 Å². The minimum absolute atomic E-state index is 0.0369. The first-order valence-corrected chi connectivity index (χ1v) is 10.0. The van der Waals surface area contributed by atoms with Gasteiger partial charge in [-0.05, 0) is 36.6 Å². The SMILES string of the molecule is CCOc1ccc2nc(NC(=O)c3coc(NC(=O)c4ccsc4)n3)sc2c1. The van der Waals surface area contributed by atoms with Crippen LogP contribution in [0.25, 0.3) is 10.2 Å². The molecule has 0 aliphatic heterocycles. The van der Waals surface area contributed by atoms with E-state index in [1.807, 2.05) is 25.1 Å². The standard InChI is InChI=1S/C18H14N4O4S2/c1-2-25-11-3-4-12-14(7-11)28-18(20-12)22-16(24)13-8-26-17(19-13)21-15(23)10-5-6-27-9-10/h3-9H,2H2,1H3,(H,19,21,23)(H,20,22,24). The van der Waals surface area contributed by atoms with Crippen molar-refractivity contribution in [2.75, 3.05) is 17.2 Å². The Morgan fingerprint density at radius 3 is 2.86 bits per heavy atom. The van der Waals surface area contributed by atoms with Crippen LogP contribution in [0.15, 0.2) is 45.7 Å². The number of oxazole rings is 1. The lowest BCUT2D eigenvalue weighted by Crippen LogP contribution is -2.14. The molecule has 0 aliphatic rings. The molecule has 0 fully saturated rings. The van der Waals surface area contributed by atoms with Crippen LogP contribution in [-0.2, 0) is 0 Å². The third-order valence-electron chi connectivity index (χ3n) is 3.63. The number of carbonyl (C=O) groups excluding carboxylic acids is 2. The van der Waals surface area contributed by atoms with Crippen molar-refractivity contribution in [1.82, 2.24) is 9.97 Å². The van der Waals surface area contributed by atoms with Gasteiger partial charge in [-0.15, -0.1) is 0 Å². The van der Waals surface area contributed by atoms with Crippen LogP contribution in [0, 0.1) is 0 Å². The second-order valence-electron chi connectivity index (χ2n) is 5.54. The number of rotatable bonds is 6. The topological polar surface area (TPSA) is 106 Å². The van der Waals surface area contributed by atoms with Gasteiger partial charge in [-0.25, -0.2) is 4.98 Å². The normalized spacial score (nSPS) is 10.8. The zero-order valence-corrected chi connectivity index (χ0v) is 16.2. The van der Waals surface area contributed by atoms with Crippen molar-refractivity contribution < 1.29 is 18.7 Å². The summed E-state index contributed by atoms with van der Waals surface area (Å²) < 4.78 is 11.5. The van der Waals surface area contributed by atoms with E-state index in [0.29, 0.717) is 17.3 Å². The maximum Gasteiger partial charge on any atom is 0.302 e. The van der Waals surface area contributed by atoms with Gasteiger partial charge in [-0.1, -0.05) is 11.3 Å².